The molecule has 1 rings (SSSR count). The van der Waals surface area contributed by atoms with Gasteiger partial charge in [-0.05, 0) is 44.1 Å². The van der Waals surface area contributed by atoms with E-state index in [4.69, 9.17) is 23.2 Å². The van der Waals surface area contributed by atoms with Crippen LogP contribution in [0.2, 0.25) is 0 Å². The maximum absolute atomic E-state index is 6.10. The van der Waals surface area contributed by atoms with Crippen molar-refractivity contribution in [3.8, 4) is 0 Å². The molecule has 1 nitrogen and oxygen atoms in total. The molecular formula is C12H21Cl2N. The van der Waals surface area contributed by atoms with Gasteiger partial charge in [-0.15, -0.1) is 11.6 Å². The third-order valence-electron chi connectivity index (χ3n) is 3.42. The van der Waals surface area contributed by atoms with Crippen LogP contribution in [-0.4, -0.2) is 18.0 Å². The Labute approximate surface area is 103 Å². The van der Waals surface area contributed by atoms with E-state index < -0.39 is 0 Å². The average Bonchev–Trinajstić information content (AvgIpc) is 2.28. The first-order valence-corrected chi connectivity index (χ1v) is 6.66. The van der Waals surface area contributed by atoms with Crippen LogP contribution in [-0.2, 0) is 0 Å². The van der Waals surface area contributed by atoms with E-state index in [1.807, 2.05) is 6.92 Å². The van der Waals surface area contributed by atoms with Crippen LogP contribution in [0.15, 0.2) is 11.1 Å². The molecule has 1 fully saturated rings. The molecule has 0 aromatic rings. The van der Waals surface area contributed by atoms with Gasteiger partial charge in [0.15, 0.2) is 0 Å². The van der Waals surface area contributed by atoms with Gasteiger partial charge >= 0.3 is 0 Å². The molecule has 88 valence electrons. The van der Waals surface area contributed by atoms with Crippen LogP contribution in [0.4, 0.5) is 0 Å². The Balaban J connectivity index is 2.46. The standard InChI is InChI=1S/C12H21Cl2N/c1-10-3-5-12(9-14,6-4-10)15-8-11(2)7-13/h7,10,15H,3-6,8-9H2,1-2H3. The van der Waals surface area contributed by atoms with Gasteiger partial charge in [0.2, 0.25) is 0 Å². The Morgan fingerprint density at radius 2 is 2.07 bits per heavy atom. The topological polar surface area (TPSA) is 12.0 Å². The van der Waals surface area contributed by atoms with Crippen LogP contribution in [0.3, 0.4) is 0 Å². The van der Waals surface area contributed by atoms with Gasteiger partial charge < -0.3 is 5.32 Å². The van der Waals surface area contributed by atoms with Gasteiger partial charge in [-0.25, -0.2) is 0 Å². The van der Waals surface area contributed by atoms with Gasteiger partial charge in [-0.2, -0.15) is 0 Å². The third kappa shape index (κ3) is 3.97. The molecule has 1 N–H and O–H groups in total. The fraction of sp³-hybridized carbons (Fsp3) is 0.833. The molecule has 0 spiro atoms. The number of halogens is 2. The highest BCUT2D eigenvalue weighted by molar-refractivity contribution is 6.25. The molecule has 0 aromatic carbocycles. The van der Waals surface area contributed by atoms with Crippen molar-refractivity contribution in [3.05, 3.63) is 11.1 Å². The van der Waals surface area contributed by atoms with E-state index >= 15 is 0 Å². The molecule has 0 aliphatic heterocycles. The largest absolute Gasteiger partial charge is 0.306 e. The zero-order valence-corrected chi connectivity index (χ0v) is 11.2. The summed E-state index contributed by atoms with van der Waals surface area (Å²) < 4.78 is 0. The predicted octanol–water partition coefficient (Wildman–Crippen LogP) is 3.91. The molecule has 1 saturated carbocycles. The number of hydrogen-bond donors (Lipinski definition) is 1. The van der Waals surface area contributed by atoms with Gasteiger partial charge in [0.25, 0.3) is 0 Å². The summed E-state index contributed by atoms with van der Waals surface area (Å²) in [5.74, 6) is 1.56. The second-order valence-electron chi connectivity index (χ2n) is 4.91. The van der Waals surface area contributed by atoms with Crippen molar-refractivity contribution in [1.29, 1.82) is 0 Å². The van der Waals surface area contributed by atoms with E-state index in [2.05, 4.69) is 12.2 Å². The molecule has 0 amide bonds. The second-order valence-corrected chi connectivity index (χ2v) is 5.39. The van der Waals surface area contributed by atoms with E-state index in [0.717, 1.165) is 12.5 Å². The smallest absolute Gasteiger partial charge is 0.0406 e. The van der Waals surface area contributed by atoms with Crippen LogP contribution >= 0.6 is 23.2 Å². The van der Waals surface area contributed by atoms with Crippen molar-refractivity contribution in [3.63, 3.8) is 0 Å². The van der Waals surface area contributed by atoms with Gasteiger partial charge in [-0.3, -0.25) is 0 Å². The lowest BCUT2D eigenvalue weighted by atomic mass is 9.78. The lowest BCUT2D eigenvalue weighted by Crippen LogP contribution is -2.50. The van der Waals surface area contributed by atoms with E-state index in [-0.39, 0.29) is 5.54 Å². The number of alkyl halides is 1. The fourth-order valence-corrected chi connectivity index (χ4v) is 2.48. The SMILES string of the molecule is CC(=CCl)CNC1(CCl)CCC(C)CC1. The molecule has 15 heavy (non-hydrogen) atoms. The lowest BCUT2D eigenvalue weighted by molar-refractivity contribution is 0.223. The van der Waals surface area contributed by atoms with Crippen molar-refractivity contribution in [2.75, 3.05) is 12.4 Å². The Morgan fingerprint density at radius 1 is 1.47 bits per heavy atom. The van der Waals surface area contributed by atoms with Crippen LogP contribution < -0.4 is 5.32 Å². The molecule has 3 heteroatoms. The molecule has 0 bridgehead atoms. The minimum absolute atomic E-state index is 0.148. The van der Waals surface area contributed by atoms with E-state index in [0.29, 0.717) is 5.88 Å². The summed E-state index contributed by atoms with van der Waals surface area (Å²) in [6.45, 7) is 5.21. The Bertz CT molecular complexity index is 218. The summed E-state index contributed by atoms with van der Waals surface area (Å²) in [5, 5.41) is 3.57. The Kier molecular flexibility index (Phi) is 5.45. The molecule has 0 heterocycles. The predicted molar refractivity (Wildman–Crippen MR) is 68.7 cm³/mol. The zero-order valence-electron chi connectivity index (χ0n) is 9.65. The molecule has 0 aromatic heterocycles. The maximum Gasteiger partial charge on any atom is 0.0406 e. The first-order chi connectivity index (χ1) is 7.12. The van der Waals surface area contributed by atoms with E-state index in [9.17, 15) is 0 Å². The van der Waals surface area contributed by atoms with E-state index in [1.165, 1.54) is 31.3 Å². The second kappa shape index (κ2) is 6.12. The average molecular weight is 250 g/mol. The monoisotopic (exact) mass is 249 g/mol. The number of nitrogens with one attached hydrogen (secondary N) is 1. The van der Waals surface area contributed by atoms with Crippen molar-refractivity contribution in [1.82, 2.24) is 5.32 Å². The summed E-state index contributed by atoms with van der Waals surface area (Å²) >= 11 is 11.7. The minimum atomic E-state index is 0.148. The first kappa shape index (κ1) is 13.3. The quantitative estimate of drug-likeness (QED) is 0.746. The van der Waals surface area contributed by atoms with Gasteiger partial charge in [-0.1, -0.05) is 18.5 Å². The maximum atomic E-state index is 6.10. The van der Waals surface area contributed by atoms with Gasteiger partial charge in [0.05, 0.1) is 0 Å². The van der Waals surface area contributed by atoms with Crippen LogP contribution in [0, 0.1) is 5.92 Å². The normalized spacial score (nSPS) is 33.1. The molecule has 0 saturated heterocycles. The van der Waals surface area contributed by atoms with Crippen LogP contribution in [0.25, 0.3) is 0 Å². The summed E-state index contributed by atoms with van der Waals surface area (Å²) in [6, 6.07) is 0. The van der Waals surface area contributed by atoms with Crippen molar-refractivity contribution < 1.29 is 0 Å². The molecule has 0 atom stereocenters. The van der Waals surface area contributed by atoms with Crippen molar-refractivity contribution in [2.24, 2.45) is 5.92 Å². The van der Waals surface area contributed by atoms with Gasteiger partial charge in [0, 0.05) is 23.5 Å². The van der Waals surface area contributed by atoms with Crippen LogP contribution in [0.1, 0.15) is 39.5 Å². The highest BCUT2D eigenvalue weighted by Crippen LogP contribution is 2.32. The highest BCUT2D eigenvalue weighted by Gasteiger charge is 2.32. The number of hydrogen-bond acceptors (Lipinski definition) is 1. The molecular weight excluding hydrogens is 229 g/mol. The molecule has 0 unspecified atom stereocenters. The Hall–Kier alpha value is 0.280. The third-order valence-corrected chi connectivity index (χ3v) is 4.30. The lowest BCUT2D eigenvalue weighted by Gasteiger charge is -2.39. The molecule has 0 radical (unpaired) electrons. The summed E-state index contributed by atoms with van der Waals surface area (Å²) in [6.07, 6.45) is 4.94. The molecule has 1 aliphatic carbocycles. The summed E-state index contributed by atoms with van der Waals surface area (Å²) in [5.41, 5.74) is 2.95. The first-order valence-electron chi connectivity index (χ1n) is 5.69. The minimum Gasteiger partial charge on any atom is -0.306 e. The summed E-state index contributed by atoms with van der Waals surface area (Å²) in [7, 11) is 0. The summed E-state index contributed by atoms with van der Waals surface area (Å²) in [4.78, 5) is 0. The fourth-order valence-electron chi connectivity index (χ4n) is 2.04. The highest BCUT2D eigenvalue weighted by atomic mass is 35.5. The van der Waals surface area contributed by atoms with Crippen molar-refractivity contribution in [2.45, 2.75) is 45.1 Å². The number of rotatable bonds is 4. The van der Waals surface area contributed by atoms with Gasteiger partial charge in [0.1, 0.15) is 0 Å². The van der Waals surface area contributed by atoms with E-state index in [1.54, 1.807) is 5.54 Å². The molecule has 1 aliphatic rings. The zero-order chi connectivity index (χ0) is 11.3. The van der Waals surface area contributed by atoms with Crippen molar-refractivity contribution >= 4 is 23.2 Å². The van der Waals surface area contributed by atoms with Crippen LogP contribution in [0.5, 0.6) is 0 Å². The Morgan fingerprint density at radius 3 is 2.53 bits per heavy atom.